The minimum atomic E-state index is -1.59. The van der Waals surface area contributed by atoms with Crippen LogP contribution in [-0.2, 0) is 14.3 Å². The zero-order valence-corrected chi connectivity index (χ0v) is 8.93. The van der Waals surface area contributed by atoms with Gasteiger partial charge < -0.3 is 9.47 Å². The molecule has 12 heavy (non-hydrogen) atoms. The molecule has 3 nitrogen and oxygen atoms in total. The van der Waals surface area contributed by atoms with Gasteiger partial charge in [0.15, 0.2) is 0 Å². The Bertz CT molecular complexity index is 237. The highest BCUT2D eigenvalue weighted by atomic mass is 28.3. The highest BCUT2D eigenvalue weighted by Gasteiger charge is 2.35. The summed E-state index contributed by atoms with van der Waals surface area (Å²) in [6.07, 6.45) is 0. The van der Waals surface area contributed by atoms with Crippen LogP contribution < -0.4 is 0 Å². The zero-order valence-electron chi connectivity index (χ0n) is 7.93. The Hall–Kier alpha value is -0.773. The minimum Gasteiger partial charge on any atom is -0.497 e. The molecule has 1 aliphatic heterocycles. The van der Waals surface area contributed by atoms with E-state index in [1.165, 1.54) is 0 Å². The van der Waals surface area contributed by atoms with E-state index < -0.39 is 8.07 Å². The van der Waals surface area contributed by atoms with Crippen molar-refractivity contribution in [2.75, 3.05) is 13.7 Å². The van der Waals surface area contributed by atoms with Crippen molar-refractivity contribution in [3.63, 3.8) is 0 Å². The fourth-order valence-electron chi connectivity index (χ4n) is 1.27. The maximum absolute atomic E-state index is 11.3. The number of rotatable bonds is 2. The van der Waals surface area contributed by atoms with E-state index in [0.717, 1.165) is 11.0 Å². The molecule has 0 aromatic rings. The second-order valence-electron chi connectivity index (χ2n) is 3.83. The number of esters is 1. The minimum absolute atomic E-state index is 0.189. The van der Waals surface area contributed by atoms with Crippen molar-refractivity contribution >= 4 is 14.0 Å². The predicted octanol–water partition coefficient (Wildman–Crippen LogP) is 1.32. The third kappa shape index (κ3) is 1.53. The number of hydrogen-bond donors (Lipinski definition) is 0. The van der Waals surface area contributed by atoms with E-state index in [0.29, 0.717) is 6.61 Å². The summed E-state index contributed by atoms with van der Waals surface area (Å²) in [6.45, 7) is 6.63. The Labute approximate surface area is 73.4 Å². The summed E-state index contributed by atoms with van der Waals surface area (Å²) in [4.78, 5) is 11.3. The number of carbonyl (C=O) groups is 1. The first kappa shape index (κ1) is 9.32. The van der Waals surface area contributed by atoms with E-state index in [4.69, 9.17) is 9.47 Å². The lowest BCUT2D eigenvalue weighted by atomic mass is 10.5. The summed E-state index contributed by atoms with van der Waals surface area (Å²) in [6, 6.07) is 0. The van der Waals surface area contributed by atoms with Crippen LogP contribution in [0.15, 0.2) is 11.0 Å². The third-order valence-corrected chi connectivity index (χ3v) is 3.80. The molecule has 0 bridgehead atoms. The second-order valence-corrected chi connectivity index (χ2v) is 8.83. The average molecular weight is 186 g/mol. The molecule has 0 saturated carbocycles. The smallest absolute Gasteiger partial charge is 0.333 e. The van der Waals surface area contributed by atoms with Crippen LogP contribution in [0, 0.1) is 0 Å². The molecule has 0 amide bonds. The zero-order chi connectivity index (χ0) is 9.35. The van der Waals surface area contributed by atoms with Crippen LogP contribution >= 0.6 is 0 Å². The number of hydrogen-bond acceptors (Lipinski definition) is 3. The first-order valence-corrected chi connectivity index (χ1v) is 7.41. The van der Waals surface area contributed by atoms with E-state index >= 15 is 0 Å². The van der Waals surface area contributed by atoms with Crippen molar-refractivity contribution in [1.29, 1.82) is 0 Å². The van der Waals surface area contributed by atoms with Crippen LogP contribution in [0.5, 0.6) is 0 Å². The highest BCUT2D eigenvalue weighted by Crippen LogP contribution is 2.25. The lowest BCUT2D eigenvalue weighted by molar-refractivity contribution is -0.135. The van der Waals surface area contributed by atoms with E-state index in [1.54, 1.807) is 7.11 Å². The Kier molecular flexibility index (Phi) is 2.28. The summed E-state index contributed by atoms with van der Waals surface area (Å²) < 4.78 is 9.98. The van der Waals surface area contributed by atoms with Gasteiger partial charge in [-0.05, 0) is 0 Å². The molecule has 0 N–H and O–H groups in total. The summed E-state index contributed by atoms with van der Waals surface area (Å²) in [5, 5.41) is 0.796. The Morgan fingerprint density at radius 3 is 2.33 bits per heavy atom. The van der Waals surface area contributed by atoms with Crippen LogP contribution in [0.3, 0.4) is 0 Å². The van der Waals surface area contributed by atoms with Gasteiger partial charge in [0, 0.05) is 0 Å². The number of methoxy groups -OCH3 is 1. The van der Waals surface area contributed by atoms with Crippen LogP contribution in [0.25, 0.3) is 0 Å². The summed E-state index contributed by atoms with van der Waals surface area (Å²) >= 11 is 0. The molecule has 0 saturated heterocycles. The molecule has 1 heterocycles. The SMILES string of the molecule is COC1=C([Si](C)(C)C)C(=O)OC1. The monoisotopic (exact) mass is 186 g/mol. The predicted molar refractivity (Wildman–Crippen MR) is 48.3 cm³/mol. The number of cyclic esters (lactones) is 1. The first-order valence-electron chi connectivity index (χ1n) is 3.91. The van der Waals surface area contributed by atoms with Crippen molar-refractivity contribution in [3.8, 4) is 0 Å². The van der Waals surface area contributed by atoms with Gasteiger partial charge in [-0.2, -0.15) is 0 Å². The van der Waals surface area contributed by atoms with Gasteiger partial charge in [-0.25, -0.2) is 4.79 Å². The van der Waals surface area contributed by atoms with Crippen molar-refractivity contribution in [1.82, 2.24) is 0 Å². The fraction of sp³-hybridized carbons (Fsp3) is 0.625. The number of ether oxygens (including phenoxy) is 2. The summed E-state index contributed by atoms with van der Waals surface area (Å²) in [5.41, 5.74) is 0. The van der Waals surface area contributed by atoms with Gasteiger partial charge in [0.05, 0.1) is 20.4 Å². The molecular weight excluding hydrogens is 172 g/mol. The molecular formula is C8H14O3Si. The van der Waals surface area contributed by atoms with Gasteiger partial charge in [0.1, 0.15) is 12.4 Å². The van der Waals surface area contributed by atoms with Crippen LogP contribution in [0.4, 0.5) is 0 Å². The largest absolute Gasteiger partial charge is 0.497 e. The van der Waals surface area contributed by atoms with E-state index in [1.807, 2.05) is 0 Å². The molecule has 0 radical (unpaired) electrons. The summed E-state index contributed by atoms with van der Waals surface area (Å²) in [5.74, 6) is 0.533. The molecule has 0 atom stereocenters. The molecule has 0 aromatic carbocycles. The van der Waals surface area contributed by atoms with Crippen molar-refractivity contribution in [2.45, 2.75) is 19.6 Å². The molecule has 0 unspecified atom stereocenters. The van der Waals surface area contributed by atoms with Crippen LogP contribution in [-0.4, -0.2) is 27.8 Å². The highest BCUT2D eigenvalue weighted by molar-refractivity contribution is 6.87. The molecule has 1 aliphatic rings. The van der Waals surface area contributed by atoms with Gasteiger partial charge in [-0.1, -0.05) is 19.6 Å². The Balaban J connectivity index is 3.04. The van der Waals surface area contributed by atoms with E-state index in [-0.39, 0.29) is 5.97 Å². The maximum atomic E-state index is 11.3. The normalized spacial score (nSPS) is 18.2. The fourth-order valence-corrected chi connectivity index (χ4v) is 2.97. The topological polar surface area (TPSA) is 35.5 Å². The van der Waals surface area contributed by atoms with E-state index in [9.17, 15) is 4.79 Å². The van der Waals surface area contributed by atoms with E-state index in [2.05, 4.69) is 19.6 Å². The summed E-state index contributed by atoms with van der Waals surface area (Å²) in [7, 11) is -0.0104. The van der Waals surface area contributed by atoms with Gasteiger partial charge in [0.2, 0.25) is 0 Å². The lowest BCUT2D eigenvalue weighted by Crippen LogP contribution is -2.28. The lowest BCUT2D eigenvalue weighted by Gasteiger charge is -2.15. The molecule has 4 heteroatoms. The molecule has 0 spiro atoms. The molecule has 0 aromatic heterocycles. The quantitative estimate of drug-likeness (QED) is 0.482. The van der Waals surface area contributed by atoms with Crippen LogP contribution in [0.1, 0.15) is 0 Å². The van der Waals surface area contributed by atoms with Crippen molar-refractivity contribution < 1.29 is 14.3 Å². The van der Waals surface area contributed by atoms with Gasteiger partial charge in [-0.3, -0.25) is 0 Å². The van der Waals surface area contributed by atoms with Gasteiger partial charge in [-0.15, -0.1) is 0 Å². The first-order chi connectivity index (χ1) is 5.46. The van der Waals surface area contributed by atoms with Gasteiger partial charge in [0.25, 0.3) is 0 Å². The van der Waals surface area contributed by atoms with Crippen molar-refractivity contribution in [3.05, 3.63) is 11.0 Å². The molecule has 0 fully saturated rings. The molecule has 1 rings (SSSR count). The average Bonchev–Trinajstić information content (AvgIpc) is 2.29. The second kappa shape index (κ2) is 2.93. The van der Waals surface area contributed by atoms with Crippen LogP contribution in [0.2, 0.25) is 19.6 Å². The number of carbonyl (C=O) groups excluding carboxylic acids is 1. The molecule has 0 aliphatic carbocycles. The van der Waals surface area contributed by atoms with Gasteiger partial charge >= 0.3 is 5.97 Å². The Morgan fingerprint density at radius 1 is 1.42 bits per heavy atom. The maximum Gasteiger partial charge on any atom is 0.333 e. The molecule has 68 valence electrons. The standard InChI is InChI=1S/C8H14O3Si/c1-10-6-5-11-8(9)7(6)12(2,3)4/h5H2,1-4H3. The van der Waals surface area contributed by atoms with Crippen molar-refractivity contribution in [2.24, 2.45) is 0 Å². The third-order valence-electron chi connectivity index (χ3n) is 1.81. The Morgan fingerprint density at radius 2 is 2.00 bits per heavy atom.